The normalized spacial score (nSPS) is 16.4. The third-order valence-corrected chi connectivity index (χ3v) is 4.71. The molecular weight excluding hydrogens is 340 g/mol. The molecule has 27 heavy (non-hydrogen) atoms. The second-order valence-electron chi connectivity index (χ2n) is 6.85. The van der Waals surface area contributed by atoms with Crippen molar-refractivity contribution in [1.29, 1.82) is 0 Å². The van der Waals surface area contributed by atoms with E-state index in [0.717, 1.165) is 24.3 Å². The molecule has 1 unspecified atom stereocenters. The van der Waals surface area contributed by atoms with Gasteiger partial charge in [0.2, 0.25) is 5.91 Å². The van der Waals surface area contributed by atoms with E-state index in [4.69, 9.17) is 4.74 Å². The number of anilines is 1. The fourth-order valence-electron chi connectivity index (χ4n) is 3.15. The van der Waals surface area contributed by atoms with Crippen molar-refractivity contribution in [1.82, 2.24) is 5.32 Å². The molecule has 1 atom stereocenters. The van der Waals surface area contributed by atoms with Crippen molar-refractivity contribution in [3.05, 3.63) is 60.2 Å². The summed E-state index contributed by atoms with van der Waals surface area (Å²) in [4.78, 5) is 26.4. The number of hydrogen-bond donors (Lipinski definition) is 1. The SMILES string of the molecule is CCCCOc1ccc(C(=O)NCC2CC(=O)N(c3ccccc3)C2)cc1. The molecule has 1 N–H and O–H groups in total. The molecule has 1 aliphatic heterocycles. The standard InChI is InChI=1S/C22H26N2O3/c1-2-3-13-27-20-11-9-18(10-12-20)22(26)23-15-17-14-21(25)24(16-17)19-7-5-4-6-8-19/h4-12,17H,2-3,13-16H2,1H3,(H,23,26). The van der Waals surface area contributed by atoms with Crippen molar-refractivity contribution >= 4 is 17.5 Å². The number of amides is 2. The summed E-state index contributed by atoms with van der Waals surface area (Å²) in [5, 5.41) is 2.95. The summed E-state index contributed by atoms with van der Waals surface area (Å²) in [5.74, 6) is 0.882. The molecule has 5 nitrogen and oxygen atoms in total. The van der Waals surface area contributed by atoms with Crippen LogP contribution in [-0.4, -0.2) is 31.5 Å². The molecule has 0 radical (unpaired) electrons. The molecule has 0 aliphatic carbocycles. The number of hydrogen-bond acceptors (Lipinski definition) is 3. The van der Waals surface area contributed by atoms with Gasteiger partial charge in [0.15, 0.2) is 0 Å². The van der Waals surface area contributed by atoms with Crippen molar-refractivity contribution in [2.45, 2.75) is 26.2 Å². The fourth-order valence-corrected chi connectivity index (χ4v) is 3.15. The molecule has 142 valence electrons. The molecule has 5 heteroatoms. The molecule has 2 amide bonds. The van der Waals surface area contributed by atoms with Crippen LogP contribution < -0.4 is 15.0 Å². The third kappa shape index (κ3) is 5.09. The second-order valence-corrected chi connectivity index (χ2v) is 6.85. The Balaban J connectivity index is 1.48. The molecule has 0 bridgehead atoms. The molecule has 2 aromatic rings. The highest BCUT2D eigenvalue weighted by Crippen LogP contribution is 2.24. The van der Waals surface area contributed by atoms with Crippen LogP contribution in [-0.2, 0) is 4.79 Å². The number of benzene rings is 2. The van der Waals surface area contributed by atoms with E-state index in [1.165, 1.54) is 0 Å². The summed E-state index contributed by atoms with van der Waals surface area (Å²) in [6.07, 6.45) is 2.56. The fraction of sp³-hybridized carbons (Fsp3) is 0.364. The first kappa shape index (κ1) is 19.0. The number of rotatable bonds is 8. The Morgan fingerprint density at radius 1 is 1.15 bits per heavy atom. The summed E-state index contributed by atoms with van der Waals surface area (Å²) in [6.45, 7) is 3.93. The maximum atomic E-state index is 12.4. The lowest BCUT2D eigenvalue weighted by Gasteiger charge is -2.17. The zero-order valence-corrected chi connectivity index (χ0v) is 15.7. The average Bonchev–Trinajstić information content (AvgIpc) is 3.08. The van der Waals surface area contributed by atoms with Crippen molar-refractivity contribution in [3.8, 4) is 5.75 Å². The Kier molecular flexibility index (Phi) is 6.47. The molecule has 1 fully saturated rings. The Hall–Kier alpha value is -2.82. The van der Waals surface area contributed by atoms with Crippen LogP contribution in [0.4, 0.5) is 5.69 Å². The lowest BCUT2D eigenvalue weighted by Crippen LogP contribution is -2.31. The van der Waals surface area contributed by atoms with Gasteiger partial charge in [-0.15, -0.1) is 0 Å². The molecule has 0 aromatic heterocycles. The topological polar surface area (TPSA) is 58.6 Å². The summed E-state index contributed by atoms with van der Waals surface area (Å²) < 4.78 is 5.61. The minimum Gasteiger partial charge on any atom is -0.494 e. The van der Waals surface area contributed by atoms with Gasteiger partial charge in [-0.3, -0.25) is 9.59 Å². The number of para-hydroxylation sites is 1. The maximum Gasteiger partial charge on any atom is 0.251 e. The highest BCUT2D eigenvalue weighted by Gasteiger charge is 2.30. The number of carbonyl (C=O) groups is 2. The van der Waals surface area contributed by atoms with Gasteiger partial charge in [-0.05, 0) is 42.8 Å². The van der Waals surface area contributed by atoms with Gasteiger partial charge in [0.1, 0.15) is 5.75 Å². The van der Waals surface area contributed by atoms with E-state index in [-0.39, 0.29) is 17.7 Å². The predicted molar refractivity (Wildman–Crippen MR) is 106 cm³/mol. The molecule has 2 aromatic carbocycles. The van der Waals surface area contributed by atoms with E-state index in [2.05, 4.69) is 12.2 Å². The smallest absolute Gasteiger partial charge is 0.251 e. The van der Waals surface area contributed by atoms with E-state index < -0.39 is 0 Å². The predicted octanol–water partition coefficient (Wildman–Crippen LogP) is 3.65. The van der Waals surface area contributed by atoms with Crippen molar-refractivity contribution < 1.29 is 14.3 Å². The first-order valence-electron chi connectivity index (χ1n) is 9.54. The van der Waals surface area contributed by atoms with Gasteiger partial charge in [-0.25, -0.2) is 0 Å². The number of nitrogens with zero attached hydrogens (tertiary/aromatic N) is 1. The number of ether oxygens (including phenoxy) is 1. The molecular formula is C22H26N2O3. The van der Waals surface area contributed by atoms with Gasteiger partial charge in [-0.1, -0.05) is 31.5 Å². The Bertz CT molecular complexity index is 759. The highest BCUT2D eigenvalue weighted by molar-refractivity contribution is 5.96. The van der Waals surface area contributed by atoms with Crippen LogP contribution in [0.3, 0.4) is 0 Å². The van der Waals surface area contributed by atoms with E-state index in [0.29, 0.717) is 31.7 Å². The minimum atomic E-state index is -0.124. The van der Waals surface area contributed by atoms with E-state index >= 15 is 0 Å². The van der Waals surface area contributed by atoms with Crippen molar-refractivity contribution in [3.63, 3.8) is 0 Å². The van der Waals surface area contributed by atoms with Crippen LogP contribution in [0.1, 0.15) is 36.5 Å². The van der Waals surface area contributed by atoms with Crippen LogP contribution in [0.15, 0.2) is 54.6 Å². The monoisotopic (exact) mass is 366 g/mol. The van der Waals surface area contributed by atoms with Crippen LogP contribution in [0.25, 0.3) is 0 Å². The van der Waals surface area contributed by atoms with E-state index in [1.54, 1.807) is 17.0 Å². The zero-order chi connectivity index (χ0) is 19.1. The summed E-state index contributed by atoms with van der Waals surface area (Å²) in [6, 6.07) is 16.8. The van der Waals surface area contributed by atoms with Gasteiger partial charge >= 0.3 is 0 Å². The summed E-state index contributed by atoms with van der Waals surface area (Å²) in [7, 11) is 0. The van der Waals surface area contributed by atoms with Crippen LogP contribution in [0.5, 0.6) is 5.75 Å². The Morgan fingerprint density at radius 3 is 2.59 bits per heavy atom. The zero-order valence-electron chi connectivity index (χ0n) is 15.7. The van der Waals surface area contributed by atoms with Gasteiger partial charge < -0.3 is 15.0 Å². The van der Waals surface area contributed by atoms with Crippen molar-refractivity contribution in [2.24, 2.45) is 5.92 Å². The molecule has 0 saturated carbocycles. The Morgan fingerprint density at radius 2 is 1.89 bits per heavy atom. The average molecular weight is 366 g/mol. The maximum absolute atomic E-state index is 12.4. The largest absolute Gasteiger partial charge is 0.494 e. The number of nitrogens with one attached hydrogen (secondary N) is 1. The quantitative estimate of drug-likeness (QED) is 0.726. The number of unbranched alkanes of at least 4 members (excludes halogenated alkanes) is 1. The van der Waals surface area contributed by atoms with Crippen molar-refractivity contribution in [2.75, 3.05) is 24.6 Å². The molecule has 1 heterocycles. The first-order chi connectivity index (χ1) is 13.2. The molecule has 1 saturated heterocycles. The Labute approximate surface area is 160 Å². The van der Waals surface area contributed by atoms with Crippen LogP contribution in [0.2, 0.25) is 0 Å². The lowest BCUT2D eigenvalue weighted by atomic mass is 10.1. The lowest BCUT2D eigenvalue weighted by molar-refractivity contribution is -0.117. The van der Waals surface area contributed by atoms with E-state index in [1.807, 2.05) is 42.5 Å². The minimum absolute atomic E-state index is 0.106. The van der Waals surface area contributed by atoms with Gasteiger partial charge in [-0.2, -0.15) is 0 Å². The van der Waals surface area contributed by atoms with Crippen LogP contribution in [0, 0.1) is 5.92 Å². The van der Waals surface area contributed by atoms with Gasteiger partial charge in [0.05, 0.1) is 6.61 Å². The van der Waals surface area contributed by atoms with Gasteiger partial charge in [0.25, 0.3) is 5.91 Å². The van der Waals surface area contributed by atoms with Crippen LogP contribution >= 0.6 is 0 Å². The highest BCUT2D eigenvalue weighted by atomic mass is 16.5. The first-order valence-corrected chi connectivity index (χ1v) is 9.54. The third-order valence-electron chi connectivity index (χ3n) is 4.71. The molecule has 1 aliphatic rings. The molecule has 3 rings (SSSR count). The van der Waals surface area contributed by atoms with E-state index in [9.17, 15) is 9.59 Å². The number of carbonyl (C=O) groups excluding carboxylic acids is 2. The van der Waals surface area contributed by atoms with Gasteiger partial charge in [0, 0.05) is 36.7 Å². The molecule has 0 spiro atoms. The second kappa shape index (κ2) is 9.21. The summed E-state index contributed by atoms with van der Waals surface area (Å²) >= 11 is 0. The summed E-state index contributed by atoms with van der Waals surface area (Å²) in [5.41, 5.74) is 1.51.